The van der Waals surface area contributed by atoms with Crippen molar-refractivity contribution in [3.63, 3.8) is 0 Å². The first-order chi connectivity index (χ1) is 13.6. The highest BCUT2D eigenvalue weighted by molar-refractivity contribution is 7.16. The molecule has 3 aromatic rings. The Kier molecular flexibility index (Phi) is 5.33. The van der Waals surface area contributed by atoms with Gasteiger partial charge in [0, 0.05) is 35.3 Å². The third kappa shape index (κ3) is 3.50. The van der Waals surface area contributed by atoms with Gasteiger partial charge in [0.15, 0.2) is 0 Å². The van der Waals surface area contributed by atoms with Crippen molar-refractivity contribution < 1.29 is 4.79 Å². The van der Waals surface area contributed by atoms with Gasteiger partial charge in [-0.25, -0.2) is 0 Å². The number of amides is 1. The lowest BCUT2D eigenvalue weighted by molar-refractivity contribution is -0.127. The maximum Gasteiger partial charge on any atom is 0.246 e. The molecule has 4 rings (SSSR count). The zero-order valence-corrected chi connectivity index (χ0v) is 17.3. The number of thiophene rings is 1. The van der Waals surface area contributed by atoms with Gasteiger partial charge in [-0.3, -0.25) is 9.78 Å². The molecule has 0 radical (unpaired) electrons. The first-order valence-electron chi connectivity index (χ1n) is 9.33. The van der Waals surface area contributed by atoms with Gasteiger partial charge in [-0.15, -0.1) is 11.3 Å². The van der Waals surface area contributed by atoms with Crippen molar-refractivity contribution in [2.45, 2.75) is 25.8 Å². The highest BCUT2D eigenvalue weighted by Gasteiger charge is 2.31. The van der Waals surface area contributed by atoms with Crippen LogP contribution in [0.4, 0.5) is 0 Å². The first-order valence-corrected chi connectivity index (χ1v) is 10.5. The second-order valence-corrected chi connectivity index (χ2v) is 8.70. The van der Waals surface area contributed by atoms with E-state index in [-0.39, 0.29) is 11.8 Å². The fourth-order valence-electron chi connectivity index (χ4n) is 3.84. The maximum absolute atomic E-state index is 12.4. The highest BCUT2D eigenvalue weighted by Crippen LogP contribution is 2.42. The summed E-state index contributed by atoms with van der Waals surface area (Å²) < 4.78 is 0.759. The van der Waals surface area contributed by atoms with Crippen LogP contribution in [0.15, 0.2) is 61.4 Å². The summed E-state index contributed by atoms with van der Waals surface area (Å²) in [4.78, 5) is 19.8. The minimum absolute atomic E-state index is 0.0488. The van der Waals surface area contributed by atoms with Gasteiger partial charge in [0.05, 0.1) is 10.9 Å². The molecule has 0 N–H and O–H groups in total. The second kappa shape index (κ2) is 7.90. The van der Waals surface area contributed by atoms with E-state index < -0.39 is 0 Å². The van der Waals surface area contributed by atoms with Crippen LogP contribution in [0.3, 0.4) is 0 Å². The topological polar surface area (TPSA) is 33.2 Å². The molecule has 0 aliphatic carbocycles. The number of nitrogens with zero attached hydrogens (tertiary/aromatic N) is 2. The summed E-state index contributed by atoms with van der Waals surface area (Å²) in [5.41, 5.74) is 5.87. The van der Waals surface area contributed by atoms with Gasteiger partial charge in [0.25, 0.3) is 0 Å². The Morgan fingerprint density at radius 3 is 2.93 bits per heavy atom. The Bertz CT molecular complexity index is 1040. The molecule has 3 nitrogen and oxygen atoms in total. The van der Waals surface area contributed by atoms with Crippen molar-refractivity contribution in [3.05, 3.63) is 87.4 Å². The van der Waals surface area contributed by atoms with Crippen LogP contribution >= 0.6 is 22.9 Å². The number of hydrogen-bond donors (Lipinski definition) is 0. The fraction of sp³-hybridized carbons (Fsp3) is 0.217. The maximum atomic E-state index is 12.4. The van der Waals surface area contributed by atoms with E-state index in [1.165, 1.54) is 22.8 Å². The molecule has 3 heterocycles. The van der Waals surface area contributed by atoms with E-state index in [9.17, 15) is 4.79 Å². The zero-order chi connectivity index (χ0) is 19.7. The first kappa shape index (κ1) is 18.9. The van der Waals surface area contributed by atoms with E-state index in [0.717, 1.165) is 26.8 Å². The molecule has 1 aliphatic heterocycles. The minimum Gasteiger partial charge on any atom is -0.333 e. The molecule has 1 aliphatic rings. The number of aromatic nitrogens is 1. The number of rotatable bonds is 4. The number of aryl methyl sites for hydroxylation is 1. The van der Waals surface area contributed by atoms with Gasteiger partial charge in [0.2, 0.25) is 5.91 Å². The monoisotopic (exact) mass is 408 g/mol. The fourth-order valence-corrected chi connectivity index (χ4v) is 5.20. The van der Waals surface area contributed by atoms with Crippen molar-refractivity contribution in [2.75, 3.05) is 6.54 Å². The molecular weight excluding hydrogens is 388 g/mol. The van der Waals surface area contributed by atoms with Crippen LogP contribution < -0.4 is 0 Å². The molecule has 0 spiro atoms. The van der Waals surface area contributed by atoms with E-state index in [4.69, 9.17) is 11.6 Å². The van der Waals surface area contributed by atoms with Gasteiger partial charge in [0.1, 0.15) is 0 Å². The summed E-state index contributed by atoms with van der Waals surface area (Å²) >= 11 is 7.90. The Balaban J connectivity index is 1.84. The van der Waals surface area contributed by atoms with Crippen LogP contribution in [-0.2, 0) is 17.8 Å². The SMILES string of the molecule is C=CC(=O)N1Cc2sc(Cl)cc2C(c2ccccc2-c2cncc(CC)c2)C1. The van der Waals surface area contributed by atoms with Gasteiger partial charge in [-0.05, 0) is 46.9 Å². The van der Waals surface area contributed by atoms with Gasteiger partial charge >= 0.3 is 0 Å². The Labute approximate surface area is 174 Å². The molecule has 2 aromatic heterocycles. The third-order valence-corrected chi connectivity index (χ3v) is 6.53. The van der Waals surface area contributed by atoms with E-state index in [1.807, 2.05) is 17.3 Å². The molecule has 1 atom stereocenters. The number of hydrogen-bond acceptors (Lipinski definition) is 3. The molecule has 142 valence electrons. The van der Waals surface area contributed by atoms with Crippen LogP contribution in [0, 0.1) is 0 Å². The molecule has 0 saturated carbocycles. The average Bonchev–Trinajstić information content (AvgIpc) is 3.12. The summed E-state index contributed by atoms with van der Waals surface area (Å²) in [7, 11) is 0. The van der Waals surface area contributed by atoms with E-state index in [0.29, 0.717) is 13.1 Å². The standard InChI is InChI=1S/C23H21ClN2OS/c1-3-15-9-16(12-25-11-15)17-7-5-6-8-18(17)20-13-26(23(27)4-2)14-21-19(20)10-22(24)28-21/h4-12,20H,2-3,13-14H2,1H3. The van der Waals surface area contributed by atoms with Crippen LogP contribution in [0.25, 0.3) is 11.1 Å². The summed E-state index contributed by atoms with van der Waals surface area (Å²) in [6.07, 6.45) is 6.15. The quantitative estimate of drug-likeness (QED) is 0.520. The van der Waals surface area contributed by atoms with Crippen molar-refractivity contribution in [2.24, 2.45) is 0 Å². The lowest BCUT2D eigenvalue weighted by Gasteiger charge is -2.33. The van der Waals surface area contributed by atoms with Crippen LogP contribution in [0.1, 0.15) is 34.4 Å². The summed E-state index contributed by atoms with van der Waals surface area (Å²) in [5.74, 6) is 0.0187. The van der Waals surface area contributed by atoms with Crippen molar-refractivity contribution in [1.29, 1.82) is 0 Å². The second-order valence-electron chi connectivity index (χ2n) is 6.93. The van der Waals surface area contributed by atoms with Gasteiger partial charge < -0.3 is 4.90 Å². The number of halogens is 1. The summed E-state index contributed by atoms with van der Waals surface area (Å²) in [6.45, 7) is 6.99. The predicted octanol–water partition coefficient (Wildman–Crippen LogP) is 5.69. The molecule has 1 unspecified atom stereocenters. The van der Waals surface area contributed by atoms with Crippen molar-refractivity contribution >= 4 is 28.8 Å². The number of pyridine rings is 1. The molecule has 1 aromatic carbocycles. The Morgan fingerprint density at radius 2 is 2.14 bits per heavy atom. The normalized spacial score (nSPS) is 15.9. The van der Waals surface area contributed by atoms with Crippen molar-refractivity contribution in [3.8, 4) is 11.1 Å². The van der Waals surface area contributed by atoms with E-state index in [2.05, 4.69) is 54.9 Å². The van der Waals surface area contributed by atoms with Crippen LogP contribution in [0.2, 0.25) is 4.34 Å². The van der Waals surface area contributed by atoms with Gasteiger partial charge in [-0.1, -0.05) is 49.4 Å². The summed E-state index contributed by atoms with van der Waals surface area (Å²) in [6, 6.07) is 12.6. The zero-order valence-electron chi connectivity index (χ0n) is 15.7. The average molecular weight is 409 g/mol. The number of carbonyl (C=O) groups is 1. The van der Waals surface area contributed by atoms with Crippen LogP contribution in [-0.4, -0.2) is 22.3 Å². The Morgan fingerprint density at radius 1 is 1.32 bits per heavy atom. The number of benzene rings is 1. The lowest BCUT2D eigenvalue weighted by atomic mass is 9.84. The van der Waals surface area contributed by atoms with Crippen LogP contribution in [0.5, 0.6) is 0 Å². The lowest BCUT2D eigenvalue weighted by Crippen LogP contribution is -2.37. The highest BCUT2D eigenvalue weighted by atomic mass is 35.5. The van der Waals surface area contributed by atoms with E-state index >= 15 is 0 Å². The number of carbonyl (C=O) groups excluding carboxylic acids is 1. The molecule has 0 bridgehead atoms. The Hall–Kier alpha value is -2.43. The van der Waals surface area contributed by atoms with E-state index in [1.54, 1.807) is 11.3 Å². The summed E-state index contributed by atoms with van der Waals surface area (Å²) in [5, 5.41) is 0. The molecular formula is C23H21ClN2OS. The minimum atomic E-state index is -0.0488. The number of fused-ring (bicyclic) bond motifs is 1. The third-order valence-electron chi connectivity index (χ3n) is 5.26. The molecule has 1 amide bonds. The smallest absolute Gasteiger partial charge is 0.246 e. The molecule has 0 fully saturated rings. The largest absolute Gasteiger partial charge is 0.333 e. The predicted molar refractivity (Wildman–Crippen MR) is 116 cm³/mol. The molecule has 0 saturated heterocycles. The molecule has 5 heteroatoms. The van der Waals surface area contributed by atoms with Gasteiger partial charge in [-0.2, -0.15) is 0 Å². The molecule has 28 heavy (non-hydrogen) atoms. The van der Waals surface area contributed by atoms with Crippen molar-refractivity contribution in [1.82, 2.24) is 9.88 Å².